The number of hydrogen-bond donors (Lipinski definition) is 1. The molecule has 3 rings (SSSR count). The van der Waals surface area contributed by atoms with Gasteiger partial charge in [-0.05, 0) is 31.7 Å². The van der Waals surface area contributed by atoms with Crippen molar-refractivity contribution in [2.24, 2.45) is 12.8 Å². The summed E-state index contributed by atoms with van der Waals surface area (Å²) in [6.45, 7) is 0. The van der Waals surface area contributed by atoms with Gasteiger partial charge in [-0.1, -0.05) is 0 Å². The zero-order chi connectivity index (χ0) is 12.5. The van der Waals surface area contributed by atoms with E-state index in [1.54, 1.807) is 12.5 Å². The molecule has 18 heavy (non-hydrogen) atoms. The lowest BCUT2D eigenvalue weighted by Crippen LogP contribution is -2.31. The molecule has 0 amide bonds. The molecule has 0 aromatic carbocycles. The van der Waals surface area contributed by atoms with Crippen molar-refractivity contribution >= 4 is 11.0 Å². The molecule has 1 aliphatic carbocycles. The number of nitrogens with two attached hydrogens (primary N) is 1. The van der Waals surface area contributed by atoms with Crippen molar-refractivity contribution in [2.45, 2.75) is 37.8 Å². The van der Waals surface area contributed by atoms with Crippen LogP contribution in [0.2, 0.25) is 0 Å². The molecule has 0 radical (unpaired) electrons. The van der Waals surface area contributed by atoms with Crippen molar-refractivity contribution in [3.63, 3.8) is 0 Å². The number of rotatable bonds is 2. The van der Waals surface area contributed by atoms with E-state index in [0.717, 1.165) is 36.7 Å². The van der Waals surface area contributed by atoms with Crippen LogP contribution in [0, 0.1) is 0 Å². The molecule has 0 bridgehead atoms. The number of pyridine rings is 1. The Kier molecular flexibility index (Phi) is 2.91. The molecule has 2 aromatic rings. The van der Waals surface area contributed by atoms with Gasteiger partial charge in [-0.3, -0.25) is 0 Å². The molecule has 0 aliphatic heterocycles. The Bertz CT molecular complexity index is 543. The van der Waals surface area contributed by atoms with Gasteiger partial charge < -0.3 is 15.0 Å². The molecule has 5 heteroatoms. The molecule has 1 fully saturated rings. The minimum absolute atomic E-state index is 0.227. The lowest BCUT2D eigenvalue weighted by atomic mass is 9.94. The third-order valence-corrected chi connectivity index (χ3v) is 3.61. The fraction of sp³-hybridized carbons (Fsp3) is 0.538. The van der Waals surface area contributed by atoms with Crippen LogP contribution in [0.3, 0.4) is 0 Å². The molecular weight excluding hydrogens is 228 g/mol. The highest BCUT2D eigenvalue weighted by molar-refractivity contribution is 5.79. The molecule has 2 heterocycles. The first kappa shape index (κ1) is 11.5. The number of aromatic nitrogens is 3. The van der Waals surface area contributed by atoms with Crippen LogP contribution in [0.5, 0.6) is 5.88 Å². The molecule has 0 unspecified atom stereocenters. The summed E-state index contributed by atoms with van der Waals surface area (Å²) in [6.07, 6.45) is 7.86. The average Bonchev–Trinajstić information content (AvgIpc) is 2.76. The third kappa shape index (κ3) is 2.06. The molecule has 2 N–H and O–H groups in total. The number of fused-ring (bicyclic) bond motifs is 1. The fourth-order valence-corrected chi connectivity index (χ4v) is 2.49. The number of ether oxygens (including phenoxy) is 1. The Labute approximate surface area is 106 Å². The Morgan fingerprint density at radius 1 is 1.28 bits per heavy atom. The van der Waals surface area contributed by atoms with Gasteiger partial charge in [-0.25, -0.2) is 9.97 Å². The van der Waals surface area contributed by atoms with Gasteiger partial charge >= 0.3 is 0 Å². The minimum atomic E-state index is 0.227. The summed E-state index contributed by atoms with van der Waals surface area (Å²) in [5.74, 6) is 0.647. The molecule has 5 nitrogen and oxygen atoms in total. The quantitative estimate of drug-likeness (QED) is 0.874. The summed E-state index contributed by atoms with van der Waals surface area (Å²) in [7, 11) is 1.97. The predicted molar refractivity (Wildman–Crippen MR) is 69.4 cm³/mol. The van der Waals surface area contributed by atoms with Crippen LogP contribution < -0.4 is 10.5 Å². The van der Waals surface area contributed by atoms with Crippen LogP contribution in [0.15, 0.2) is 18.6 Å². The summed E-state index contributed by atoms with van der Waals surface area (Å²) in [5, 5.41) is 0. The number of aryl methyl sites for hydroxylation is 1. The topological polar surface area (TPSA) is 66.0 Å². The normalized spacial score (nSPS) is 24.3. The van der Waals surface area contributed by atoms with Crippen LogP contribution in [0.25, 0.3) is 11.0 Å². The Morgan fingerprint density at radius 2 is 2.06 bits per heavy atom. The number of imidazole rings is 1. The summed E-state index contributed by atoms with van der Waals surface area (Å²) in [5.41, 5.74) is 7.79. The standard InChI is InChI=1S/C13H18N4O/c1-17-8-16-12-11(17)6-7-15-13(12)18-10-4-2-9(14)3-5-10/h6-10H,2-5,14H2,1H3. The maximum absolute atomic E-state index is 5.99. The second kappa shape index (κ2) is 4.57. The SMILES string of the molecule is Cn1cnc2c(OC3CCC(N)CC3)nccc21. The van der Waals surface area contributed by atoms with Crippen molar-refractivity contribution in [2.75, 3.05) is 0 Å². The van der Waals surface area contributed by atoms with E-state index in [4.69, 9.17) is 10.5 Å². The fourth-order valence-electron chi connectivity index (χ4n) is 2.49. The van der Waals surface area contributed by atoms with Gasteiger partial charge in [0.1, 0.15) is 6.10 Å². The predicted octanol–water partition coefficient (Wildman–Crippen LogP) is 1.62. The second-order valence-corrected chi connectivity index (χ2v) is 4.99. The van der Waals surface area contributed by atoms with Crippen LogP contribution in [0.4, 0.5) is 0 Å². The molecule has 96 valence electrons. The Hall–Kier alpha value is -1.62. The zero-order valence-electron chi connectivity index (χ0n) is 10.5. The molecule has 2 aromatic heterocycles. The van der Waals surface area contributed by atoms with Gasteiger partial charge in [0.2, 0.25) is 5.88 Å². The molecule has 0 saturated heterocycles. The van der Waals surface area contributed by atoms with Crippen LogP contribution in [0.1, 0.15) is 25.7 Å². The van der Waals surface area contributed by atoms with E-state index in [-0.39, 0.29) is 6.10 Å². The first-order chi connectivity index (χ1) is 8.74. The van der Waals surface area contributed by atoms with Gasteiger partial charge in [0, 0.05) is 19.3 Å². The lowest BCUT2D eigenvalue weighted by Gasteiger charge is -2.26. The number of hydrogen-bond acceptors (Lipinski definition) is 4. The maximum Gasteiger partial charge on any atom is 0.242 e. The Morgan fingerprint density at radius 3 is 2.83 bits per heavy atom. The summed E-state index contributed by atoms with van der Waals surface area (Å²) in [6, 6.07) is 2.29. The number of nitrogens with zero attached hydrogens (tertiary/aromatic N) is 3. The van der Waals surface area contributed by atoms with E-state index < -0.39 is 0 Å². The van der Waals surface area contributed by atoms with Crippen molar-refractivity contribution < 1.29 is 4.74 Å². The van der Waals surface area contributed by atoms with E-state index in [0.29, 0.717) is 11.9 Å². The van der Waals surface area contributed by atoms with E-state index in [2.05, 4.69) is 9.97 Å². The summed E-state index contributed by atoms with van der Waals surface area (Å²) in [4.78, 5) is 8.65. The highest BCUT2D eigenvalue weighted by atomic mass is 16.5. The average molecular weight is 246 g/mol. The summed E-state index contributed by atoms with van der Waals surface area (Å²) >= 11 is 0. The van der Waals surface area contributed by atoms with Gasteiger partial charge in [-0.15, -0.1) is 0 Å². The van der Waals surface area contributed by atoms with Crippen molar-refractivity contribution in [1.29, 1.82) is 0 Å². The maximum atomic E-state index is 5.99. The van der Waals surface area contributed by atoms with E-state index in [1.165, 1.54) is 0 Å². The van der Waals surface area contributed by atoms with Crippen LogP contribution in [-0.2, 0) is 7.05 Å². The highest BCUT2D eigenvalue weighted by Crippen LogP contribution is 2.26. The monoisotopic (exact) mass is 246 g/mol. The first-order valence-electron chi connectivity index (χ1n) is 6.42. The van der Waals surface area contributed by atoms with Crippen molar-refractivity contribution in [3.8, 4) is 5.88 Å². The smallest absolute Gasteiger partial charge is 0.242 e. The molecule has 0 spiro atoms. The van der Waals surface area contributed by atoms with E-state index in [9.17, 15) is 0 Å². The summed E-state index contributed by atoms with van der Waals surface area (Å²) < 4.78 is 7.96. The minimum Gasteiger partial charge on any atom is -0.473 e. The van der Waals surface area contributed by atoms with Crippen LogP contribution in [-0.4, -0.2) is 26.7 Å². The van der Waals surface area contributed by atoms with Crippen molar-refractivity contribution in [3.05, 3.63) is 18.6 Å². The van der Waals surface area contributed by atoms with Gasteiger partial charge in [-0.2, -0.15) is 0 Å². The molecule has 1 aliphatic rings. The van der Waals surface area contributed by atoms with Crippen molar-refractivity contribution in [1.82, 2.24) is 14.5 Å². The molecule has 0 atom stereocenters. The lowest BCUT2D eigenvalue weighted by molar-refractivity contribution is 0.143. The van der Waals surface area contributed by atoms with Gasteiger partial charge in [0.25, 0.3) is 0 Å². The first-order valence-corrected chi connectivity index (χ1v) is 6.42. The second-order valence-electron chi connectivity index (χ2n) is 4.99. The zero-order valence-corrected chi connectivity index (χ0v) is 10.5. The van der Waals surface area contributed by atoms with Gasteiger partial charge in [0.15, 0.2) is 5.52 Å². The highest BCUT2D eigenvalue weighted by Gasteiger charge is 2.21. The van der Waals surface area contributed by atoms with Gasteiger partial charge in [0.05, 0.1) is 11.8 Å². The molecule has 1 saturated carbocycles. The largest absolute Gasteiger partial charge is 0.473 e. The molecular formula is C13H18N4O. The Balaban J connectivity index is 1.82. The van der Waals surface area contributed by atoms with E-state index in [1.807, 2.05) is 17.7 Å². The van der Waals surface area contributed by atoms with E-state index >= 15 is 0 Å². The third-order valence-electron chi connectivity index (χ3n) is 3.61. The van der Waals surface area contributed by atoms with Crippen LogP contribution >= 0.6 is 0 Å².